The van der Waals surface area contributed by atoms with Crippen molar-refractivity contribution in [3.8, 4) is 5.75 Å². The molecule has 0 aliphatic rings. The smallest absolute Gasteiger partial charge is 0.260 e. The number of hydrogen-bond donors (Lipinski definition) is 2. The maximum absolute atomic E-state index is 11.6. The molecule has 0 aliphatic carbocycles. The molecule has 94 valence electrons. The van der Waals surface area contributed by atoms with Gasteiger partial charge in [0, 0.05) is 18.2 Å². The Kier molecular flexibility index (Phi) is 4.97. The normalized spacial score (nSPS) is 13.9. The van der Waals surface area contributed by atoms with Gasteiger partial charge in [-0.3, -0.25) is 4.79 Å². The molecule has 0 radical (unpaired) electrons. The quantitative estimate of drug-likeness (QED) is 0.816. The fourth-order valence-corrected chi connectivity index (χ4v) is 1.53. The van der Waals surface area contributed by atoms with Crippen LogP contribution in [0.2, 0.25) is 0 Å². The molecule has 0 saturated heterocycles. The summed E-state index contributed by atoms with van der Waals surface area (Å²) >= 11 is 0. The summed E-state index contributed by atoms with van der Waals surface area (Å²) in [7, 11) is 0. The van der Waals surface area contributed by atoms with E-state index < -0.39 is 6.10 Å². The molecule has 0 heterocycles. The van der Waals surface area contributed by atoms with Gasteiger partial charge < -0.3 is 15.8 Å². The Morgan fingerprint density at radius 3 is 2.65 bits per heavy atom. The van der Waals surface area contributed by atoms with Crippen LogP contribution in [0.25, 0.3) is 0 Å². The van der Waals surface area contributed by atoms with Gasteiger partial charge >= 0.3 is 0 Å². The van der Waals surface area contributed by atoms with Crippen LogP contribution in [0.3, 0.4) is 0 Å². The number of hydrogen-bond acceptors (Lipinski definition) is 3. The third-order valence-electron chi connectivity index (χ3n) is 2.43. The van der Waals surface area contributed by atoms with Gasteiger partial charge in [-0.2, -0.15) is 0 Å². The minimum Gasteiger partial charge on any atom is -0.481 e. The first-order chi connectivity index (χ1) is 8.06. The second-order valence-corrected chi connectivity index (χ2v) is 3.98. The van der Waals surface area contributed by atoms with Gasteiger partial charge in [0.05, 0.1) is 0 Å². The number of nitrogens with one attached hydrogen (secondary N) is 1. The molecule has 0 saturated carbocycles. The van der Waals surface area contributed by atoms with E-state index in [2.05, 4.69) is 5.32 Å². The van der Waals surface area contributed by atoms with Crippen LogP contribution in [-0.2, 0) is 4.79 Å². The van der Waals surface area contributed by atoms with Gasteiger partial charge in [0.1, 0.15) is 5.75 Å². The van der Waals surface area contributed by atoms with Crippen molar-refractivity contribution in [3.05, 3.63) is 29.8 Å². The van der Waals surface area contributed by atoms with Gasteiger partial charge in [-0.05, 0) is 26.8 Å². The molecule has 1 unspecified atom stereocenters. The van der Waals surface area contributed by atoms with E-state index in [1.165, 1.54) is 0 Å². The second kappa shape index (κ2) is 6.25. The van der Waals surface area contributed by atoms with Crippen molar-refractivity contribution < 1.29 is 9.53 Å². The van der Waals surface area contributed by atoms with Crippen LogP contribution in [0.1, 0.15) is 32.4 Å². The standard InChI is InChI=1S/C13H20N2O2/c1-4-15-13(16)10(3)17-12-8-6-5-7-11(12)9(2)14/h5-10H,4,14H2,1-3H3,(H,15,16)/t9-,10?/m0/s1. The number of nitrogens with two attached hydrogens (primary N) is 1. The molecule has 0 spiro atoms. The van der Waals surface area contributed by atoms with Gasteiger partial charge in [-0.15, -0.1) is 0 Å². The lowest BCUT2D eigenvalue weighted by Gasteiger charge is -2.18. The van der Waals surface area contributed by atoms with E-state index in [4.69, 9.17) is 10.5 Å². The van der Waals surface area contributed by atoms with Crippen LogP contribution in [0.15, 0.2) is 24.3 Å². The fraction of sp³-hybridized carbons (Fsp3) is 0.462. The number of ether oxygens (including phenoxy) is 1. The minimum atomic E-state index is -0.519. The Bertz CT molecular complexity index is 377. The highest BCUT2D eigenvalue weighted by molar-refractivity contribution is 5.80. The van der Waals surface area contributed by atoms with Crippen molar-refractivity contribution >= 4 is 5.91 Å². The molecule has 3 N–H and O–H groups in total. The van der Waals surface area contributed by atoms with Crippen LogP contribution in [0.5, 0.6) is 5.75 Å². The first-order valence-electron chi connectivity index (χ1n) is 5.85. The lowest BCUT2D eigenvalue weighted by molar-refractivity contribution is -0.127. The van der Waals surface area contributed by atoms with Crippen molar-refractivity contribution in [2.45, 2.75) is 32.9 Å². The minimum absolute atomic E-state index is 0.118. The molecule has 1 amide bonds. The molecule has 4 nitrogen and oxygen atoms in total. The number of rotatable bonds is 5. The zero-order valence-electron chi connectivity index (χ0n) is 10.6. The predicted molar refractivity (Wildman–Crippen MR) is 67.8 cm³/mol. The van der Waals surface area contributed by atoms with Gasteiger partial charge in [0.15, 0.2) is 6.10 Å². The van der Waals surface area contributed by atoms with E-state index in [-0.39, 0.29) is 11.9 Å². The average Bonchev–Trinajstić information content (AvgIpc) is 2.29. The van der Waals surface area contributed by atoms with Crippen molar-refractivity contribution in [1.82, 2.24) is 5.32 Å². The number of benzene rings is 1. The highest BCUT2D eigenvalue weighted by Gasteiger charge is 2.16. The summed E-state index contributed by atoms with van der Waals surface area (Å²) in [4.78, 5) is 11.6. The SMILES string of the molecule is CCNC(=O)C(C)Oc1ccccc1[C@H](C)N. The third kappa shape index (κ3) is 3.75. The Balaban J connectivity index is 2.77. The topological polar surface area (TPSA) is 64.3 Å². The molecule has 1 aromatic carbocycles. The highest BCUT2D eigenvalue weighted by Crippen LogP contribution is 2.24. The number of para-hydroxylation sites is 1. The van der Waals surface area contributed by atoms with Gasteiger partial charge in [-0.1, -0.05) is 18.2 Å². The van der Waals surface area contributed by atoms with Crippen molar-refractivity contribution in [3.63, 3.8) is 0 Å². The monoisotopic (exact) mass is 236 g/mol. The summed E-state index contributed by atoms with van der Waals surface area (Å²) in [5, 5.41) is 2.72. The number of likely N-dealkylation sites (N-methyl/N-ethyl adjacent to an activating group) is 1. The molecule has 1 rings (SSSR count). The van der Waals surface area contributed by atoms with Crippen LogP contribution in [0.4, 0.5) is 0 Å². The number of carbonyl (C=O) groups excluding carboxylic acids is 1. The van der Waals surface area contributed by atoms with Crippen molar-refractivity contribution in [2.24, 2.45) is 5.73 Å². The Hall–Kier alpha value is -1.55. The summed E-state index contributed by atoms with van der Waals surface area (Å²) < 4.78 is 5.63. The summed E-state index contributed by atoms with van der Waals surface area (Å²) in [6.45, 7) is 6.09. The van der Waals surface area contributed by atoms with E-state index in [1.807, 2.05) is 38.1 Å². The first-order valence-corrected chi connectivity index (χ1v) is 5.85. The molecular weight excluding hydrogens is 216 g/mol. The molecule has 0 bridgehead atoms. The zero-order chi connectivity index (χ0) is 12.8. The van der Waals surface area contributed by atoms with E-state index in [9.17, 15) is 4.79 Å². The average molecular weight is 236 g/mol. The van der Waals surface area contributed by atoms with E-state index in [1.54, 1.807) is 6.92 Å². The summed E-state index contributed by atoms with van der Waals surface area (Å²) in [6.07, 6.45) is -0.519. The molecule has 1 aromatic rings. The molecule has 0 fully saturated rings. The van der Waals surface area contributed by atoms with E-state index >= 15 is 0 Å². The maximum atomic E-state index is 11.6. The number of carbonyl (C=O) groups is 1. The van der Waals surface area contributed by atoms with E-state index in [0.717, 1.165) is 5.56 Å². The van der Waals surface area contributed by atoms with Crippen LogP contribution in [-0.4, -0.2) is 18.6 Å². The summed E-state index contributed by atoms with van der Waals surface area (Å²) in [5.41, 5.74) is 6.75. The molecule has 0 aromatic heterocycles. The van der Waals surface area contributed by atoms with Crippen LogP contribution < -0.4 is 15.8 Å². The van der Waals surface area contributed by atoms with Crippen molar-refractivity contribution in [1.29, 1.82) is 0 Å². The maximum Gasteiger partial charge on any atom is 0.260 e. The predicted octanol–water partition coefficient (Wildman–Crippen LogP) is 1.61. The second-order valence-electron chi connectivity index (χ2n) is 3.98. The van der Waals surface area contributed by atoms with Gasteiger partial charge in [0.25, 0.3) is 5.91 Å². The van der Waals surface area contributed by atoms with Crippen LogP contribution in [0, 0.1) is 0 Å². The number of amides is 1. The molecule has 2 atom stereocenters. The van der Waals surface area contributed by atoms with E-state index in [0.29, 0.717) is 12.3 Å². The van der Waals surface area contributed by atoms with Gasteiger partial charge in [-0.25, -0.2) is 0 Å². The summed E-state index contributed by atoms with van der Waals surface area (Å²) in [5.74, 6) is 0.549. The molecule has 17 heavy (non-hydrogen) atoms. The van der Waals surface area contributed by atoms with Crippen molar-refractivity contribution in [2.75, 3.05) is 6.54 Å². The third-order valence-corrected chi connectivity index (χ3v) is 2.43. The first kappa shape index (κ1) is 13.5. The molecular formula is C13H20N2O2. The highest BCUT2D eigenvalue weighted by atomic mass is 16.5. The Morgan fingerprint density at radius 2 is 2.06 bits per heavy atom. The van der Waals surface area contributed by atoms with Gasteiger partial charge in [0.2, 0.25) is 0 Å². The zero-order valence-corrected chi connectivity index (χ0v) is 10.6. The Labute approximate surface area is 102 Å². The summed E-state index contributed by atoms with van der Waals surface area (Å²) in [6, 6.07) is 7.39. The fourth-order valence-electron chi connectivity index (χ4n) is 1.53. The Morgan fingerprint density at radius 1 is 1.41 bits per heavy atom. The lowest BCUT2D eigenvalue weighted by Crippen LogP contribution is -2.36. The lowest BCUT2D eigenvalue weighted by atomic mass is 10.1. The molecule has 0 aliphatic heterocycles. The largest absolute Gasteiger partial charge is 0.481 e. The molecule has 4 heteroatoms. The van der Waals surface area contributed by atoms with Crippen LogP contribution >= 0.6 is 0 Å².